The minimum atomic E-state index is 0.107. The number of aromatic nitrogens is 2. The Kier molecular flexibility index (Phi) is 5.86. The van der Waals surface area contributed by atoms with Gasteiger partial charge >= 0.3 is 0 Å². The van der Waals surface area contributed by atoms with E-state index in [1.165, 1.54) is 5.56 Å². The lowest BCUT2D eigenvalue weighted by Gasteiger charge is -2.17. The van der Waals surface area contributed by atoms with Gasteiger partial charge in [-0.15, -0.1) is 0 Å². The van der Waals surface area contributed by atoms with Crippen molar-refractivity contribution in [1.82, 2.24) is 9.97 Å². The van der Waals surface area contributed by atoms with Crippen LogP contribution in [0.15, 0.2) is 78.9 Å². The number of hydrogen-bond acceptors (Lipinski definition) is 5. The van der Waals surface area contributed by atoms with Crippen molar-refractivity contribution in [2.75, 3.05) is 16.0 Å². The third kappa shape index (κ3) is 4.72. The fourth-order valence-electron chi connectivity index (χ4n) is 3.28. The van der Waals surface area contributed by atoms with Crippen LogP contribution in [0.3, 0.4) is 0 Å². The molecule has 3 aromatic carbocycles. The summed E-state index contributed by atoms with van der Waals surface area (Å²) in [6, 6.07) is 26.3. The molecule has 6 heteroatoms. The molecule has 0 spiro atoms. The van der Waals surface area contributed by atoms with E-state index < -0.39 is 0 Å². The maximum atomic E-state index is 5.14. The molecule has 1 heterocycles. The number of thiocarbonyl (C=S) groups is 1. The van der Waals surface area contributed by atoms with Crippen molar-refractivity contribution in [3.05, 3.63) is 84.4 Å². The lowest BCUT2D eigenvalue weighted by atomic mass is 10.1. The second kappa shape index (κ2) is 8.88. The van der Waals surface area contributed by atoms with E-state index in [1.54, 1.807) is 0 Å². The maximum absolute atomic E-state index is 5.14. The first kappa shape index (κ1) is 19.8. The van der Waals surface area contributed by atoms with Gasteiger partial charge in [0.25, 0.3) is 0 Å². The van der Waals surface area contributed by atoms with Gasteiger partial charge in [-0.3, -0.25) is 0 Å². The van der Waals surface area contributed by atoms with Crippen LogP contribution in [0.4, 0.5) is 23.1 Å². The SMILES string of the molecule is CC(=S)Nc1cccc(Nc2nc(N[C@@H](C)c3ccccc3)c3ccccc3n2)c1. The zero-order valence-corrected chi connectivity index (χ0v) is 17.7. The van der Waals surface area contributed by atoms with Crippen molar-refractivity contribution < 1.29 is 0 Å². The highest BCUT2D eigenvalue weighted by molar-refractivity contribution is 7.80. The highest BCUT2D eigenvalue weighted by atomic mass is 32.1. The van der Waals surface area contributed by atoms with Crippen molar-refractivity contribution in [2.24, 2.45) is 0 Å². The van der Waals surface area contributed by atoms with Crippen molar-refractivity contribution in [1.29, 1.82) is 0 Å². The molecular formula is C24H23N5S. The molecule has 4 rings (SSSR count). The lowest BCUT2D eigenvalue weighted by molar-refractivity contribution is 0.876. The molecule has 0 fully saturated rings. The van der Waals surface area contributed by atoms with Crippen LogP contribution in [0.1, 0.15) is 25.5 Å². The van der Waals surface area contributed by atoms with E-state index in [-0.39, 0.29) is 6.04 Å². The van der Waals surface area contributed by atoms with Crippen LogP contribution >= 0.6 is 12.2 Å². The van der Waals surface area contributed by atoms with Gasteiger partial charge in [-0.2, -0.15) is 4.98 Å². The Morgan fingerprint density at radius 3 is 2.40 bits per heavy atom. The molecule has 0 saturated heterocycles. The monoisotopic (exact) mass is 413 g/mol. The number of nitrogens with one attached hydrogen (secondary N) is 3. The van der Waals surface area contributed by atoms with E-state index in [0.29, 0.717) is 5.95 Å². The number of rotatable bonds is 6. The molecule has 0 aliphatic rings. The maximum Gasteiger partial charge on any atom is 0.229 e. The molecule has 150 valence electrons. The van der Waals surface area contributed by atoms with E-state index in [0.717, 1.165) is 33.1 Å². The number of hydrogen-bond donors (Lipinski definition) is 3. The second-order valence-corrected chi connectivity index (χ2v) is 7.69. The molecule has 0 aliphatic heterocycles. The topological polar surface area (TPSA) is 61.9 Å². The molecule has 1 aromatic heterocycles. The average Bonchev–Trinajstić information content (AvgIpc) is 2.74. The van der Waals surface area contributed by atoms with Gasteiger partial charge in [0.05, 0.1) is 10.5 Å². The number of benzene rings is 3. The van der Waals surface area contributed by atoms with Crippen LogP contribution in [0.25, 0.3) is 10.9 Å². The molecule has 0 amide bonds. The van der Waals surface area contributed by atoms with Crippen LogP contribution in [0, 0.1) is 0 Å². The predicted molar refractivity (Wildman–Crippen MR) is 130 cm³/mol. The van der Waals surface area contributed by atoms with Crippen molar-refractivity contribution in [3.63, 3.8) is 0 Å². The zero-order chi connectivity index (χ0) is 20.9. The summed E-state index contributed by atoms with van der Waals surface area (Å²) < 4.78 is 0. The first-order valence-corrected chi connectivity index (χ1v) is 10.2. The summed E-state index contributed by atoms with van der Waals surface area (Å²) in [7, 11) is 0. The van der Waals surface area contributed by atoms with Gasteiger partial charge in [0.2, 0.25) is 5.95 Å². The number of para-hydroxylation sites is 1. The van der Waals surface area contributed by atoms with Crippen LogP contribution in [-0.4, -0.2) is 15.0 Å². The molecule has 0 radical (unpaired) electrons. The van der Waals surface area contributed by atoms with Crippen LogP contribution < -0.4 is 16.0 Å². The van der Waals surface area contributed by atoms with Gasteiger partial charge in [0, 0.05) is 22.8 Å². The van der Waals surface area contributed by atoms with E-state index in [9.17, 15) is 0 Å². The Morgan fingerprint density at radius 1 is 0.867 bits per heavy atom. The highest BCUT2D eigenvalue weighted by Gasteiger charge is 2.12. The zero-order valence-electron chi connectivity index (χ0n) is 16.9. The predicted octanol–water partition coefficient (Wildman–Crippen LogP) is 6.31. The summed E-state index contributed by atoms with van der Waals surface area (Å²) in [5.41, 5.74) is 3.88. The summed E-state index contributed by atoms with van der Waals surface area (Å²) in [4.78, 5) is 10.2. The third-order valence-electron chi connectivity index (χ3n) is 4.70. The Hall–Kier alpha value is -3.51. The molecule has 3 N–H and O–H groups in total. The molecule has 4 aromatic rings. The van der Waals surface area contributed by atoms with Crippen molar-refractivity contribution in [3.8, 4) is 0 Å². The van der Waals surface area contributed by atoms with E-state index in [2.05, 4.69) is 35.0 Å². The number of nitrogens with zero attached hydrogens (tertiary/aromatic N) is 2. The van der Waals surface area contributed by atoms with Gasteiger partial charge in [0.1, 0.15) is 5.82 Å². The molecule has 0 unspecified atom stereocenters. The second-order valence-electron chi connectivity index (χ2n) is 7.08. The Labute approximate surface area is 181 Å². The Bertz CT molecular complexity index is 1180. The first-order chi connectivity index (χ1) is 14.6. The quantitative estimate of drug-likeness (QED) is 0.322. The van der Waals surface area contributed by atoms with Gasteiger partial charge in [-0.25, -0.2) is 4.98 Å². The minimum Gasteiger partial charge on any atom is -0.363 e. The molecule has 0 saturated carbocycles. The smallest absolute Gasteiger partial charge is 0.229 e. The first-order valence-electron chi connectivity index (χ1n) is 9.81. The normalized spacial score (nSPS) is 11.7. The molecule has 5 nitrogen and oxygen atoms in total. The average molecular weight is 414 g/mol. The summed E-state index contributed by atoms with van der Waals surface area (Å²) in [6.07, 6.45) is 0. The minimum absolute atomic E-state index is 0.107. The Balaban J connectivity index is 1.66. The third-order valence-corrected chi connectivity index (χ3v) is 4.80. The molecule has 0 aliphatic carbocycles. The van der Waals surface area contributed by atoms with E-state index >= 15 is 0 Å². The molecule has 30 heavy (non-hydrogen) atoms. The summed E-state index contributed by atoms with van der Waals surface area (Å²) in [5, 5.41) is 11.0. The molecule has 1 atom stereocenters. The van der Waals surface area contributed by atoms with Crippen LogP contribution in [0.5, 0.6) is 0 Å². The fourth-order valence-corrected chi connectivity index (χ4v) is 3.40. The molecular weight excluding hydrogens is 390 g/mol. The highest BCUT2D eigenvalue weighted by Crippen LogP contribution is 2.27. The van der Waals surface area contributed by atoms with Gasteiger partial charge < -0.3 is 16.0 Å². The largest absolute Gasteiger partial charge is 0.363 e. The van der Waals surface area contributed by atoms with Crippen LogP contribution in [-0.2, 0) is 0 Å². The van der Waals surface area contributed by atoms with Gasteiger partial charge in [0.15, 0.2) is 0 Å². The summed E-state index contributed by atoms with van der Waals surface area (Å²) in [6.45, 7) is 3.98. The van der Waals surface area contributed by atoms with Crippen molar-refractivity contribution >= 4 is 51.3 Å². The molecule has 0 bridgehead atoms. The summed E-state index contributed by atoms with van der Waals surface area (Å²) >= 11 is 5.14. The van der Waals surface area contributed by atoms with Gasteiger partial charge in [-0.1, -0.05) is 60.7 Å². The van der Waals surface area contributed by atoms with Crippen LogP contribution in [0.2, 0.25) is 0 Å². The van der Waals surface area contributed by atoms with Gasteiger partial charge in [-0.05, 0) is 49.7 Å². The number of fused-ring (bicyclic) bond motifs is 1. The van der Waals surface area contributed by atoms with E-state index in [4.69, 9.17) is 22.2 Å². The number of anilines is 4. The standard InChI is InChI=1S/C24H23N5S/c1-16(18-9-4-3-5-10-18)25-23-21-13-6-7-14-22(21)28-24(29-23)27-20-12-8-11-19(15-20)26-17(2)30/h3-16H,1-2H3,(H,26,30)(H2,25,27,28,29)/t16-/m0/s1. The lowest BCUT2D eigenvalue weighted by Crippen LogP contribution is -2.10. The summed E-state index contributed by atoms with van der Waals surface area (Å²) in [5.74, 6) is 1.33. The Morgan fingerprint density at radius 2 is 1.60 bits per heavy atom. The van der Waals surface area contributed by atoms with E-state index in [1.807, 2.05) is 73.7 Å². The van der Waals surface area contributed by atoms with Crippen molar-refractivity contribution in [2.45, 2.75) is 19.9 Å². The fraction of sp³-hybridized carbons (Fsp3) is 0.125.